The molecule has 7 nitrogen and oxygen atoms in total. The van der Waals surface area contributed by atoms with Crippen molar-refractivity contribution in [3.63, 3.8) is 0 Å². The molecule has 0 bridgehead atoms. The number of ether oxygens (including phenoxy) is 3. The SMILES string of the molecule is COCOc1cc(C(F)(F)F)c(F)cc1-c1nnc(NC2CCCC[C@H]2O)c2c1CC1(CC1)OC2. The van der Waals surface area contributed by atoms with Gasteiger partial charge in [-0.3, -0.25) is 0 Å². The van der Waals surface area contributed by atoms with E-state index < -0.39 is 23.7 Å². The number of fused-ring (bicyclic) bond motifs is 1. The Bertz CT molecular complexity index is 1110. The number of rotatable bonds is 6. The first-order valence-corrected chi connectivity index (χ1v) is 11.7. The van der Waals surface area contributed by atoms with Crippen molar-refractivity contribution in [2.45, 2.75) is 75.5 Å². The fourth-order valence-corrected chi connectivity index (χ4v) is 4.90. The number of aromatic nitrogens is 2. The molecule has 2 heterocycles. The lowest BCUT2D eigenvalue weighted by Gasteiger charge is -2.32. The highest BCUT2D eigenvalue weighted by atomic mass is 19.4. The largest absolute Gasteiger partial charge is 0.467 e. The number of benzene rings is 1. The average molecular weight is 497 g/mol. The Morgan fingerprint density at radius 3 is 2.63 bits per heavy atom. The third-order valence-electron chi connectivity index (χ3n) is 7.03. The van der Waals surface area contributed by atoms with E-state index in [1.807, 2.05) is 0 Å². The first-order valence-electron chi connectivity index (χ1n) is 11.7. The standard InChI is InChI=1S/C24H27F4N3O4/c1-33-12-34-20-9-16(24(26,27)28)17(25)8-13(20)21-14-10-23(6-7-23)35-11-15(14)22(31-30-21)29-18-4-2-3-5-19(18)32/h8-9,18-19,32H,2-7,10-12H2,1H3,(H,29,31)/t18?,19-/m1/s1. The van der Waals surface area contributed by atoms with E-state index in [1.54, 1.807) is 0 Å². The van der Waals surface area contributed by atoms with Crippen LogP contribution in [0.5, 0.6) is 5.75 Å². The zero-order valence-electron chi connectivity index (χ0n) is 19.3. The third kappa shape index (κ3) is 4.81. The van der Waals surface area contributed by atoms with Crippen molar-refractivity contribution in [1.82, 2.24) is 10.2 Å². The molecule has 190 valence electrons. The van der Waals surface area contributed by atoms with E-state index in [1.165, 1.54) is 7.11 Å². The highest BCUT2D eigenvalue weighted by molar-refractivity contribution is 5.74. The molecule has 1 spiro atoms. The number of hydrogen-bond acceptors (Lipinski definition) is 7. The molecule has 0 radical (unpaired) electrons. The van der Waals surface area contributed by atoms with Crippen LogP contribution >= 0.6 is 0 Å². The summed E-state index contributed by atoms with van der Waals surface area (Å²) >= 11 is 0. The number of nitrogens with one attached hydrogen (secondary N) is 1. The van der Waals surface area contributed by atoms with E-state index in [9.17, 15) is 22.7 Å². The minimum absolute atomic E-state index is 0.0678. The topological polar surface area (TPSA) is 85.7 Å². The molecule has 1 unspecified atom stereocenters. The van der Waals surface area contributed by atoms with E-state index in [4.69, 9.17) is 14.2 Å². The Morgan fingerprint density at radius 2 is 1.94 bits per heavy atom. The van der Waals surface area contributed by atoms with Crippen LogP contribution in [-0.4, -0.2) is 47.0 Å². The monoisotopic (exact) mass is 497 g/mol. The van der Waals surface area contributed by atoms with Crippen LogP contribution in [0.1, 0.15) is 55.2 Å². The van der Waals surface area contributed by atoms with E-state index in [0.717, 1.165) is 43.7 Å². The Morgan fingerprint density at radius 1 is 1.17 bits per heavy atom. The van der Waals surface area contributed by atoms with Gasteiger partial charge in [-0.1, -0.05) is 12.8 Å². The summed E-state index contributed by atoms with van der Waals surface area (Å²) in [6, 6.07) is 1.24. The molecule has 5 rings (SSSR count). The summed E-state index contributed by atoms with van der Waals surface area (Å²) in [6.07, 6.45) is 0.183. The second-order valence-electron chi connectivity index (χ2n) is 9.48. The summed E-state index contributed by atoms with van der Waals surface area (Å²) in [4.78, 5) is 0. The number of methoxy groups -OCH3 is 1. The lowest BCUT2D eigenvalue weighted by atomic mass is 9.91. The summed E-state index contributed by atoms with van der Waals surface area (Å²) in [6.45, 7) is -0.0851. The Kier molecular flexibility index (Phi) is 6.35. The van der Waals surface area contributed by atoms with Crippen LogP contribution < -0.4 is 10.1 Å². The quantitative estimate of drug-likeness (QED) is 0.446. The maximum atomic E-state index is 14.6. The molecule has 1 aliphatic heterocycles. The zero-order valence-corrected chi connectivity index (χ0v) is 19.3. The molecule has 2 N–H and O–H groups in total. The molecule has 0 saturated heterocycles. The van der Waals surface area contributed by atoms with Gasteiger partial charge < -0.3 is 24.6 Å². The van der Waals surface area contributed by atoms with Crippen LogP contribution in [0.2, 0.25) is 0 Å². The summed E-state index contributed by atoms with van der Waals surface area (Å²) in [5.41, 5.74) is -0.00644. The normalized spacial score (nSPS) is 23.1. The van der Waals surface area contributed by atoms with Crippen molar-refractivity contribution >= 4 is 5.82 Å². The van der Waals surface area contributed by atoms with Crippen molar-refractivity contribution < 1.29 is 36.9 Å². The minimum atomic E-state index is -4.89. The molecule has 11 heteroatoms. The minimum Gasteiger partial charge on any atom is -0.467 e. The second-order valence-corrected chi connectivity index (χ2v) is 9.48. The van der Waals surface area contributed by atoms with E-state index in [2.05, 4.69) is 15.5 Å². The van der Waals surface area contributed by atoms with Gasteiger partial charge in [0.2, 0.25) is 0 Å². The van der Waals surface area contributed by atoms with E-state index >= 15 is 0 Å². The molecule has 0 amide bonds. The van der Waals surface area contributed by atoms with Gasteiger partial charge in [0, 0.05) is 24.7 Å². The Balaban J connectivity index is 1.60. The Labute approximate surface area is 199 Å². The van der Waals surface area contributed by atoms with Gasteiger partial charge in [0.1, 0.15) is 17.3 Å². The van der Waals surface area contributed by atoms with Crippen molar-refractivity contribution in [3.8, 4) is 17.0 Å². The number of anilines is 1. The molecule has 2 saturated carbocycles. The molecule has 35 heavy (non-hydrogen) atoms. The van der Waals surface area contributed by atoms with Crippen LogP contribution in [0.15, 0.2) is 12.1 Å². The van der Waals surface area contributed by atoms with Crippen molar-refractivity contribution in [1.29, 1.82) is 0 Å². The van der Waals surface area contributed by atoms with Gasteiger partial charge in [0.05, 0.1) is 29.9 Å². The van der Waals surface area contributed by atoms with Crippen LogP contribution in [0.25, 0.3) is 11.3 Å². The molecule has 2 fully saturated rings. The fourth-order valence-electron chi connectivity index (χ4n) is 4.90. The number of alkyl halides is 3. The van der Waals surface area contributed by atoms with E-state index in [0.29, 0.717) is 30.3 Å². The molecular weight excluding hydrogens is 470 g/mol. The third-order valence-corrected chi connectivity index (χ3v) is 7.03. The van der Waals surface area contributed by atoms with Gasteiger partial charge in [-0.05, 0) is 43.4 Å². The predicted molar refractivity (Wildman–Crippen MR) is 117 cm³/mol. The lowest BCUT2D eigenvalue weighted by molar-refractivity contribution is -0.140. The van der Waals surface area contributed by atoms with Crippen LogP contribution in [-0.2, 0) is 28.7 Å². The van der Waals surface area contributed by atoms with Gasteiger partial charge in [0.15, 0.2) is 12.6 Å². The molecule has 2 aliphatic carbocycles. The van der Waals surface area contributed by atoms with E-state index in [-0.39, 0.29) is 42.0 Å². The zero-order chi connectivity index (χ0) is 24.8. The molecule has 1 aromatic heterocycles. The van der Waals surface area contributed by atoms with Crippen molar-refractivity contribution in [2.75, 3.05) is 19.2 Å². The molecular formula is C24H27F4N3O4. The summed E-state index contributed by atoms with van der Waals surface area (Å²) < 4.78 is 71.2. The highest BCUT2D eigenvalue weighted by Crippen LogP contribution is 2.50. The van der Waals surface area contributed by atoms with Gasteiger partial charge in [-0.2, -0.15) is 13.2 Å². The van der Waals surface area contributed by atoms with Gasteiger partial charge in [0.25, 0.3) is 0 Å². The van der Waals surface area contributed by atoms with Crippen molar-refractivity contribution in [2.24, 2.45) is 0 Å². The summed E-state index contributed by atoms with van der Waals surface area (Å²) in [5.74, 6) is -1.15. The second kappa shape index (κ2) is 9.18. The smallest absolute Gasteiger partial charge is 0.419 e. The highest BCUT2D eigenvalue weighted by Gasteiger charge is 2.48. The fraction of sp³-hybridized carbons (Fsp3) is 0.583. The first kappa shape index (κ1) is 24.2. The number of halogens is 4. The summed E-state index contributed by atoms with van der Waals surface area (Å²) in [5, 5.41) is 22.3. The predicted octanol–water partition coefficient (Wildman–Crippen LogP) is 4.60. The molecule has 2 atom stereocenters. The number of aliphatic hydroxyl groups excluding tert-OH is 1. The van der Waals surface area contributed by atoms with Gasteiger partial charge >= 0.3 is 6.18 Å². The summed E-state index contributed by atoms with van der Waals surface area (Å²) in [7, 11) is 1.34. The average Bonchev–Trinajstić information content (AvgIpc) is 3.57. The first-order chi connectivity index (χ1) is 16.7. The maximum absolute atomic E-state index is 14.6. The van der Waals surface area contributed by atoms with Crippen LogP contribution in [0.4, 0.5) is 23.4 Å². The van der Waals surface area contributed by atoms with Crippen molar-refractivity contribution in [3.05, 3.63) is 34.6 Å². The number of nitrogens with zero attached hydrogens (tertiary/aromatic N) is 2. The maximum Gasteiger partial charge on any atom is 0.419 e. The lowest BCUT2D eigenvalue weighted by Crippen LogP contribution is -2.37. The molecule has 3 aliphatic rings. The van der Waals surface area contributed by atoms with Crippen LogP contribution in [0.3, 0.4) is 0 Å². The van der Waals surface area contributed by atoms with Crippen LogP contribution in [0, 0.1) is 5.82 Å². The molecule has 1 aromatic carbocycles. The van der Waals surface area contributed by atoms with Gasteiger partial charge in [-0.25, -0.2) is 4.39 Å². The Hall–Kier alpha value is -2.50. The number of hydrogen-bond donors (Lipinski definition) is 2. The van der Waals surface area contributed by atoms with Gasteiger partial charge in [-0.15, -0.1) is 10.2 Å². The molecule has 2 aromatic rings. The number of aliphatic hydroxyl groups is 1.